The fourth-order valence-corrected chi connectivity index (χ4v) is 6.36. The van der Waals surface area contributed by atoms with Crippen molar-refractivity contribution in [3.05, 3.63) is 77.6 Å². The lowest BCUT2D eigenvalue weighted by Crippen LogP contribution is -2.72. The Bertz CT molecular complexity index is 1600. The first-order valence-electron chi connectivity index (χ1n) is 13.2. The number of anilines is 1. The monoisotopic (exact) mass is 476 g/mol. The fraction of sp³-hybridized carbons (Fsp3) is 0.323. The molecular formula is C31H35BN3O+. The highest BCUT2D eigenvalue weighted by Gasteiger charge is 2.47. The zero-order valence-electron chi connectivity index (χ0n) is 22.5. The van der Waals surface area contributed by atoms with E-state index in [1.165, 1.54) is 50.0 Å². The largest absolute Gasteiger partial charge is 0.537 e. The van der Waals surface area contributed by atoms with Gasteiger partial charge in [0.2, 0.25) is 0 Å². The van der Waals surface area contributed by atoms with Crippen molar-refractivity contribution in [2.24, 2.45) is 7.05 Å². The number of fused-ring (bicyclic) bond motifs is 7. The summed E-state index contributed by atoms with van der Waals surface area (Å²) in [7, 11) is 2.17. The molecule has 0 aliphatic carbocycles. The summed E-state index contributed by atoms with van der Waals surface area (Å²) >= 11 is 0. The molecule has 0 unspecified atom stereocenters. The van der Waals surface area contributed by atoms with Gasteiger partial charge in [-0.2, -0.15) is 0 Å². The molecule has 2 aromatic heterocycles. The number of imidazole rings is 1. The minimum absolute atomic E-state index is 0.0633. The van der Waals surface area contributed by atoms with Gasteiger partial charge in [-0.1, -0.05) is 64.1 Å². The van der Waals surface area contributed by atoms with Gasteiger partial charge >= 0.3 is 6.98 Å². The van der Waals surface area contributed by atoms with Crippen LogP contribution in [0.25, 0.3) is 33.3 Å². The maximum atomic E-state index is 6.42. The molecule has 5 aromatic rings. The molecule has 1 aliphatic heterocycles. The summed E-state index contributed by atoms with van der Waals surface area (Å²) in [6.45, 7) is 14.7. The molecule has 6 rings (SSSR count). The Morgan fingerprint density at radius 3 is 2.31 bits per heavy atom. The van der Waals surface area contributed by atoms with Crippen molar-refractivity contribution < 1.29 is 8.90 Å². The van der Waals surface area contributed by atoms with E-state index in [4.69, 9.17) is 4.42 Å². The first-order chi connectivity index (χ1) is 17.3. The number of aryl methyl sites for hydroxylation is 2. The van der Waals surface area contributed by atoms with Crippen LogP contribution in [-0.4, -0.2) is 18.1 Å². The van der Waals surface area contributed by atoms with Gasteiger partial charge < -0.3 is 9.23 Å². The number of aromatic nitrogens is 2. The van der Waals surface area contributed by atoms with Crippen molar-refractivity contribution in [2.45, 2.75) is 53.4 Å². The average Bonchev–Trinajstić information content (AvgIpc) is 3.42. The highest BCUT2D eigenvalue weighted by atomic mass is 16.3. The van der Waals surface area contributed by atoms with Crippen LogP contribution in [0.2, 0.25) is 0 Å². The summed E-state index contributed by atoms with van der Waals surface area (Å²) in [5.41, 5.74) is 10.0. The van der Waals surface area contributed by atoms with Gasteiger partial charge in [-0.15, -0.1) is 0 Å². The van der Waals surface area contributed by atoms with Gasteiger partial charge in [0.1, 0.15) is 23.6 Å². The smallest absolute Gasteiger partial charge is 0.456 e. The van der Waals surface area contributed by atoms with E-state index in [9.17, 15) is 0 Å². The lowest BCUT2D eigenvalue weighted by atomic mass is 9.57. The van der Waals surface area contributed by atoms with E-state index < -0.39 is 0 Å². The summed E-state index contributed by atoms with van der Waals surface area (Å²) in [5, 5.41) is 2.41. The third-order valence-corrected chi connectivity index (χ3v) is 7.95. The van der Waals surface area contributed by atoms with Gasteiger partial charge in [-0.05, 0) is 54.5 Å². The molecule has 0 amide bonds. The van der Waals surface area contributed by atoms with Gasteiger partial charge in [0.25, 0.3) is 5.82 Å². The predicted molar refractivity (Wildman–Crippen MR) is 151 cm³/mol. The third-order valence-electron chi connectivity index (χ3n) is 7.95. The summed E-state index contributed by atoms with van der Waals surface area (Å²) in [6, 6.07) is 17.6. The number of benzene rings is 3. The molecule has 1 aliphatic rings. The Kier molecular flexibility index (Phi) is 5.29. The Hall–Kier alpha value is -3.47. The minimum Gasteiger partial charge on any atom is -0.456 e. The molecule has 182 valence electrons. The zero-order chi connectivity index (χ0) is 25.3. The maximum absolute atomic E-state index is 6.42. The second-order valence-corrected chi connectivity index (χ2v) is 10.8. The van der Waals surface area contributed by atoms with Crippen LogP contribution in [0.5, 0.6) is 0 Å². The van der Waals surface area contributed by atoms with E-state index in [1.54, 1.807) is 0 Å². The number of rotatable bonds is 4. The van der Waals surface area contributed by atoms with Gasteiger partial charge in [-0.25, -0.2) is 4.57 Å². The van der Waals surface area contributed by atoms with Crippen molar-refractivity contribution in [2.75, 3.05) is 11.4 Å². The van der Waals surface area contributed by atoms with E-state index >= 15 is 0 Å². The van der Waals surface area contributed by atoms with Gasteiger partial charge in [-0.3, -0.25) is 4.48 Å². The van der Waals surface area contributed by atoms with Crippen LogP contribution in [0.4, 0.5) is 5.69 Å². The number of hydrogen-bond donors (Lipinski definition) is 0. The molecule has 0 saturated carbocycles. The van der Waals surface area contributed by atoms with Gasteiger partial charge in [0, 0.05) is 17.4 Å². The van der Waals surface area contributed by atoms with Crippen molar-refractivity contribution in [1.29, 1.82) is 0 Å². The zero-order valence-corrected chi connectivity index (χ0v) is 22.5. The predicted octanol–water partition coefficient (Wildman–Crippen LogP) is 6.52. The van der Waals surface area contributed by atoms with Crippen molar-refractivity contribution >= 4 is 40.1 Å². The van der Waals surface area contributed by atoms with E-state index in [0.717, 1.165) is 17.7 Å². The van der Waals surface area contributed by atoms with E-state index in [-0.39, 0.29) is 6.98 Å². The molecule has 0 saturated heterocycles. The van der Waals surface area contributed by atoms with Crippen LogP contribution in [0, 0.1) is 6.92 Å². The second-order valence-electron chi connectivity index (χ2n) is 10.8. The van der Waals surface area contributed by atoms with Gasteiger partial charge in [0.15, 0.2) is 0 Å². The molecule has 0 N–H and O–H groups in total. The standard InChI is InChI=1S/C31H35BN3O/c1-8-34-30-27(21(6)18-26-28(30)24-12-9-10-15-25(24)36-26)31-33(7)16-17-35(31)32(34)29-22(19(2)3)13-11-14-23(29)20(4)5/h9-20H,8H2,1-7H3/q+1. The van der Waals surface area contributed by atoms with Crippen molar-refractivity contribution in [1.82, 2.24) is 4.57 Å². The van der Waals surface area contributed by atoms with E-state index in [2.05, 4.69) is 123 Å². The first kappa shape index (κ1) is 23.0. The van der Waals surface area contributed by atoms with Crippen LogP contribution < -0.4 is 14.8 Å². The Morgan fingerprint density at radius 1 is 0.944 bits per heavy atom. The van der Waals surface area contributed by atoms with Crippen LogP contribution in [0.3, 0.4) is 0 Å². The molecule has 0 spiro atoms. The normalized spacial score (nSPS) is 13.4. The summed E-state index contributed by atoms with van der Waals surface area (Å²) < 4.78 is 11.2. The molecule has 0 fully saturated rings. The minimum atomic E-state index is 0.0633. The van der Waals surface area contributed by atoms with Crippen molar-refractivity contribution in [3.8, 4) is 11.4 Å². The van der Waals surface area contributed by atoms with E-state index in [1.807, 2.05) is 0 Å². The molecule has 4 nitrogen and oxygen atoms in total. The van der Waals surface area contributed by atoms with Crippen LogP contribution >= 0.6 is 0 Å². The summed E-state index contributed by atoms with van der Waals surface area (Å²) in [6.07, 6.45) is 4.47. The fourth-order valence-electron chi connectivity index (χ4n) is 6.36. The third kappa shape index (κ3) is 3.11. The highest BCUT2D eigenvalue weighted by molar-refractivity contribution is 6.71. The first-order valence-corrected chi connectivity index (χ1v) is 13.2. The average molecular weight is 476 g/mol. The molecule has 3 heterocycles. The van der Waals surface area contributed by atoms with Gasteiger partial charge in [0.05, 0.1) is 23.7 Å². The molecule has 0 radical (unpaired) electrons. The second kappa shape index (κ2) is 8.30. The number of hydrogen-bond acceptors (Lipinski definition) is 2. The molecular weight excluding hydrogens is 441 g/mol. The topological polar surface area (TPSA) is 25.2 Å². The number of furan rings is 1. The Labute approximate surface area is 214 Å². The maximum Gasteiger partial charge on any atom is 0.537 e. The lowest BCUT2D eigenvalue weighted by Gasteiger charge is -2.36. The van der Waals surface area contributed by atoms with Crippen LogP contribution in [0.15, 0.2) is 65.3 Å². The molecule has 0 bridgehead atoms. The van der Waals surface area contributed by atoms with E-state index in [0.29, 0.717) is 11.8 Å². The SMILES string of the molecule is CCN1B(c2c(C(C)C)cccc2C(C)C)[n+]2ccn(C)c2-c2c(C)cc3oc4ccccc4c3c21. The molecule has 3 aromatic carbocycles. The quantitative estimate of drug-likeness (QED) is 0.276. The molecule has 5 heteroatoms. The Balaban J connectivity index is 1.79. The highest BCUT2D eigenvalue weighted by Crippen LogP contribution is 2.45. The van der Waals surface area contributed by atoms with Crippen molar-refractivity contribution in [3.63, 3.8) is 0 Å². The number of nitrogens with zero attached hydrogens (tertiary/aromatic N) is 3. The Morgan fingerprint density at radius 2 is 1.64 bits per heavy atom. The lowest BCUT2D eigenvalue weighted by molar-refractivity contribution is -0.524. The van der Waals surface area contributed by atoms with Crippen LogP contribution in [-0.2, 0) is 7.05 Å². The van der Waals surface area contributed by atoms with Crippen LogP contribution in [0.1, 0.15) is 63.1 Å². The summed E-state index contributed by atoms with van der Waals surface area (Å²) in [5.74, 6) is 2.11. The molecule has 36 heavy (non-hydrogen) atoms. The number of para-hydroxylation sites is 1. The molecule has 0 atom stereocenters. The summed E-state index contributed by atoms with van der Waals surface area (Å²) in [4.78, 5) is 2.62.